The first-order valence-electron chi connectivity index (χ1n) is 8.96. The van der Waals surface area contributed by atoms with E-state index in [1.165, 1.54) is 0 Å². The van der Waals surface area contributed by atoms with Crippen molar-refractivity contribution in [1.82, 2.24) is 9.97 Å². The minimum Gasteiger partial charge on any atom is -0.370 e. The number of rotatable bonds is 7. The molecule has 150 valence electrons. The van der Waals surface area contributed by atoms with Gasteiger partial charge in [0.1, 0.15) is 0 Å². The third-order valence-electron chi connectivity index (χ3n) is 4.40. The lowest BCUT2D eigenvalue weighted by Crippen LogP contribution is -2.23. The van der Waals surface area contributed by atoms with E-state index in [0.29, 0.717) is 13.0 Å². The van der Waals surface area contributed by atoms with Crippen molar-refractivity contribution in [1.29, 1.82) is 5.26 Å². The molecule has 29 heavy (non-hydrogen) atoms. The average molecular weight is 430 g/mol. The number of sulfonamides is 1. The van der Waals surface area contributed by atoms with Crippen molar-refractivity contribution < 1.29 is 8.42 Å². The molecule has 0 aliphatic carbocycles. The third kappa shape index (κ3) is 4.94. The van der Waals surface area contributed by atoms with Crippen LogP contribution in [0.2, 0.25) is 5.15 Å². The van der Waals surface area contributed by atoms with E-state index in [1.54, 1.807) is 18.5 Å². The Labute approximate surface area is 175 Å². The number of nitrogens with one attached hydrogen (secondary N) is 1. The zero-order valence-corrected chi connectivity index (χ0v) is 17.6. The maximum atomic E-state index is 11.6. The molecule has 2 heterocycles. The van der Waals surface area contributed by atoms with Gasteiger partial charge in [-0.15, -0.1) is 0 Å². The summed E-state index contributed by atoms with van der Waals surface area (Å²) < 4.78 is 25.5. The summed E-state index contributed by atoms with van der Waals surface area (Å²) in [5, 5.41) is 9.96. The molecule has 0 saturated carbocycles. The summed E-state index contributed by atoms with van der Waals surface area (Å²) in [6.45, 7) is 3.43. The molecule has 3 rings (SSSR count). The number of benzene rings is 1. The highest BCUT2D eigenvalue weighted by Crippen LogP contribution is 2.32. The predicted octanol–water partition coefficient (Wildman–Crippen LogP) is 4.06. The maximum Gasteiger partial charge on any atom is 0.229 e. The molecule has 0 radical (unpaired) electrons. The van der Waals surface area contributed by atoms with Gasteiger partial charge < -0.3 is 4.90 Å². The standard InChI is InChI=1S/C20H20ClN5O2S/c1-3-26(10-4-8-22)19-7-9-23-17-6-5-14(11-16(17)19)15-12-18(20(21)24-13-15)25-29(2,27)28/h5-7,9,11-13,25H,3-4,10H2,1-2H3. The van der Waals surface area contributed by atoms with Crippen LogP contribution in [0, 0.1) is 11.3 Å². The van der Waals surface area contributed by atoms with Crippen LogP contribution in [0.15, 0.2) is 42.7 Å². The van der Waals surface area contributed by atoms with Crippen molar-refractivity contribution in [2.45, 2.75) is 13.3 Å². The number of hydrogen-bond donors (Lipinski definition) is 1. The van der Waals surface area contributed by atoms with E-state index in [-0.39, 0.29) is 10.8 Å². The number of pyridine rings is 2. The molecule has 0 bridgehead atoms. The van der Waals surface area contributed by atoms with Gasteiger partial charge in [0.25, 0.3) is 0 Å². The smallest absolute Gasteiger partial charge is 0.229 e. The molecule has 0 saturated heterocycles. The molecule has 1 aromatic carbocycles. The minimum atomic E-state index is -3.48. The summed E-state index contributed by atoms with van der Waals surface area (Å²) in [7, 11) is -3.48. The van der Waals surface area contributed by atoms with Crippen LogP contribution in [-0.4, -0.2) is 37.7 Å². The van der Waals surface area contributed by atoms with E-state index in [2.05, 4.69) is 25.7 Å². The Morgan fingerprint density at radius 2 is 2.00 bits per heavy atom. The fourth-order valence-corrected chi connectivity index (χ4v) is 3.86. The zero-order chi connectivity index (χ0) is 21.0. The lowest BCUT2D eigenvalue weighted by atomic mass is 10.0. The highest BCUT2D eigenvalue weighted by atomic mass is 35.5. The fraction of sp³-hybridized carbons (Fsp3) is 0.250. The number of nitriles is 1. The Bertz CT molecular complexity index is 1190. The molecule has 9 heteroatoms. The summed E-state index contributed by atoms with van der Waals surface area (Å²) in [5.74, 6) is 0. The van der Waals surface area contributed by atoms with Crippen molar-refractivity contribution in [2.75, 3.05) is 29.0 Å². The molecule has 0 fully saturated rings. The van der Waals surface area contributed by atoms with Gasteiger partial charge in [0.2, 0.25) is 10.0 Å². The maximum absolute atomic E-state index is 11.6. The van der Waals surface area contributed by atoms with Crippen LogP contribution in [0.25, 0.3) is 22.0 Å². The van der Waals surface area contributed by atoms with E-state index in [9.17, 15) is 8.42 Å². The molecule has 0 atom stereocenters. The number of nitrogens with zero attached hydrogens (tertiary/aromatic N) is 4. The molecular formula is C20H20ClN5O2S. The van der Waals surface area contributed by atoms with Crippen molar-refractivity contribution in [2.24, 2.45) is 0 Å². The van der Waals surface area contributed by atoms with Gasteiger partial charge >= 0.3 is 0 Å². The number of anilines is 2. The minimum absolute atomic E-state index is 0.0796. The summed E-state index contributed by atoms with van der Waals surface area (Å²) in [4.78, 5) is 10.7. The molecule has 1 N–H and O–H groups in total. The van der Waals surface area contributed by atoms with Crippen molar-refractivity contribution in [3.8, 4) is 17.2 Å². The Morgan fingerprint density at radius 3 is 2.69 bits per heavy atom. The monoisotopic (exact) mass is 429 g/mol. The van der Waals surface area contributed by atoms with Crippen LogP contribution in [0.3, 0.4) is 0 Å². The first kappa shape index (κ1) is 20.8. The van der Waals surface area contributed by atoms with Crippen molar-refractivity contribution in [3.63, 3.8) is 0 Å². The Balaban J connectivity index is 2.09. The van der Waals surface area contributed by atoms with Crippen LogP contribution in [-0.2, 0) is 10.0 Å². The van der Waals surface area contributed by atoms with Gasteiger partial charge in [0.05, 0.1) is 29.9 Å². The molecule has 7 nitrogen and oxygen atoms in total. The predicted molar refractivity (Wildman–Crippen MR) is 117 cm³/mol. The normalized spacial score (nSPS) is 11.2. The van der Waals surface area contributed by atoms with E-state index in [1.807, 2.05) is 31.2 Å². The average Bonchev–Trinajstić information content (AvgIpc) is 2.69. The molecule has 0 spiro atoms. The van der Waals surface area contributed by atoms with Gasteiger partial charge in [-0.1, -0.05) is 17.7 Å². The van der Waals surface area contributed by atoms with Crippen LogP contribution >= 0.6 is 11.6 Å². The molecule has 0 aliphatic rings. The molecule has 0 aliphatic heterocycles. The summed E-state index contributed by atoms with van der Waals surface area (Å²) >= 11 is 6.04. The van der Waals surface area contributed by atoms with Gasteiger partial charge in [-0.3, -0.25) is 9.71 Å². The molecule has 0 amide bonds. The summed E-state index contributed by atoms with van der Waals surface area (Å²) in [5.41, 5.74) is 3.62. The third-order valence-corrected chi connectivity index (χ3v) is 5.29. The molecule has 3 aromatic rings. The zero-order valence-electron chi connectivity index (χ0n) is 16.1. The first-order valence-corrected chi connectivity index (χ1v) is 11.2. The van der Waals surface area contributed by atoms with Crippen LogP contribution in [0.4, 0.5) is 11.4 Å². The fourth-order valence-electron chi connectivity index (χ4n) is 3.10. The second kappa shape index (κ2) is 8.64. The van der Waals surface area contributed by atoms with E-state index in [0.717, 1.165) is 40.5 Å². The first-order chi connectivity index (χ1) is 13.8. The highest BCUT2D eigenvalue weighted by Gasteiger charge is 2.13. The molecular weight excluding hydrogens is 410 g/mol. The quantitative estimate of drug-likeness (QED) is 0.568. The van der Waals surface area contributed by atoms with Gasteiger partial charge in [-0.2, -0.15) is 5.26 Å². The Morgan fingerprint density at radius 1 is 1.21 bits per heavy atom. The number of fused-ring (bicyclic) bond motifs is 1. The van der Waals surface area contributed by atoms with E-state index < -0.39 is 10.0 Å². The second-order valence-corrected chi connectivity index (χ2v) is 8.59. The van der Waals surface area contributed by atoms with Gasteiger partial charge in [0.15, 0.2) is 5.15 Å². The second-order valence-electron chi connectivity index (χ2n) is 6.49. The lowest BCUT2D eigenvalue weighted by molar-refractivity contribution is 0.607. The van der Waals surface area contributed by atoms with Gasteiger partial charge in [0, 0.05) is 42.1 Å². The summed E-state index contributed by atoms with van der Waals surface area (Å²) in [6.07, 6.45) is 4.84. The SMILES string of the molecule is CCN(CCC#N)c1ccnc2ccc(-c3cnc(Cl)c(NS(C)(=O)=O)c3)cc12. The van der Waals surface area contributed by atoms with Crippen molar-refractivity contribution in [3.05, 3.63) is 47.9 Å². The van der Waals surface area contributed by atoms with Crippen LogP contribution in [0.1, 0.15) is 13.3 Å². The number of hydrogen-bond acceptors (Lipinski definition) is 6. The Hall–Kier alpha value is -2.89. The van der Waals surface area contributed by atoms with E-state index >= 15 is 0 Å². The number of halogens is 1. The number of aromatic nitrogens is 2. The molecule has 2 aromatic heterocycles. The topological polar surface area (TPSA) is 99.0 Å². The lowest BCUT2D eigenvalue weighted by Gasteiger charge is -2.23. The largest absolute Gasteiger partial charge is 0.370 e. The molecule has 0 unspecified atom stereocenters. The van der Waals surface area contributed by atoms with Crippen LogP contribution in [0.5, 0.6) is 0 Å². The van der Waals surface area contributed by atoms with Gasteiger partial charge in [-0.25, -0.2) is 13.4 Å². The van der Waals surface area contributed by atoms with Crippen molar-refractivity contribution >= 4 is 43.9 Å². The summed E-state index contributed by atoms with van der Waals surface area (Å²) in [6, 6.07) is 11.6. The van der Waals surface area contributed by atoms with Crippen LogP contribution < -0.4 is 9.62 Å². The van der Waals surface area contributed by atoms with E-state index in [4.69, 9.17) is 16.9 Å². The highest BCUT2D eigenvalue weighted by molar-refractivity contribution is 7.92. The Kier molecular flexibility index (Phi) is 6.20. The van der Waals surface area contributed by atoms with Gasteiger partial charge in [-0.05, 0) is 36.8 Å².